The number of rotatable bonds is 4. The summed E-state index contributed by atoms with van der Waals surface area (Å²) in [5.74, 6) is 0. The smallest absolute Gasteiger partial charge is 0.0991 e. The van der Waals surface area contributed by atoms with Crippen LogP contribution >= 0.6 is 0 Å². The lowest BCUT2D eigenvalue weighted by molar-refractivity contribution is 0.0612. The summed E-state index contributed by atoms with van der Waals surface area (Å²) in [4.78, 5) is 5.76. The summed E-state index contributed by atoms with van der Waals surface area (Å²) < 4.78 is 0. The summed E-state index contributed by atoms with van der Waals surface area (Å²) in [6, 6.07) is 12.8. The standard InChI is InChI=1S/C22H28N4/c23-15-18-1-3-20(4-2-18)25-21-5-8-22(9-6-21)10-13-26(14-11-22)17-19-7-12-24-16-19/h1-4,7,12,16,21,24-25H,5-6,8-11,13-14,17H2. The van der Waals surface area contributed by atoms with E-state index in [1.807, 2.05) is 30.5 Å². The van der Waals surface area contributed by atoms with Crippen molar-refractivity contribution < 1.29 is 0 Å². The van der Waals surface area contributed by atoms with Crippen molar-refractivity contribution in [1.29, 1.82) is 5.26 Å². The molecule has 1 saturated carbocycles. The van der Waals surface area contributed by atoms with E-state index in [9.17, 15) is 0 Å². The first kappa shape index (κ1) is 17.2. The third kappa shape index (κ3) is 3.94. The second kappa shape index (κ2) is 7.55. The van der Waals surface area contributed by atoms with Gasteiger partial charge < -0.3 is 10.3 Å². The Morgan fingerprint density at radius 2 is 1.81 bits per heavy atom. The molecule has 2 aromatic rings. The average molecular weight is 348 g/mol. The number of hydrogen-bond donors (Lipinski definition) is 2. The molecule has 0 atom stereocenters. The fourth-order valence-electron chi connectivity index (χ4n) is 4.65. The molecule has 136 valence electrons. The van der Waals surface area contributed by atoms with Crippen LogP contribution in [0.1, 0.15) is 49.7 Å². The predicted molar refractivity (Wildman–Crippen MR) is 105 cm³/mol. The number of nitriles is 1. The number of H-pyrrole nitrogens is 1. The highest BCUT2D eigenvalue weighted by molar-refractivity contribution is 5.47. The van der Waals surface area contributed by atoms with Gasteiger partial charge in [0, 0.05) is 30.7 Å². The molecule has 2 N–H and O–H groups in total. The topological polar surface area (TPSA) is 54.9 Å². The fraction of sp³-hybridized carbons (Fsp3) is 0.500. The summed E-state index contributed by atoms with van der Waals surface area (Å²) in [6.45, 7) is 3.56. The second-order valence-corrected chi connectivity index (χ2v) is 8.10. The molecule has 2 aliphatic rings. The zero-order valence-electron chi connectivity index (χ0n) is 15.4. The Kier molecular flexibility index (Phi) is 4.99. The van der Waals surface area contributed by atoms with E-state index >= 15 is 0 Å². The molecule has 26 heavy (non-hydrogen) atoms. The molecule has 0 bridgehead atoms. The van der Waals surface area contributed by atoms with Crippen molar-refractivity contribution in [3.63, 3.8) is 0 Å². The van der Waals surface area contributed by atoms with Crippen LogP contribution in [0, 0.1) is 16.7 Å². The third-order valence-electron chi connectivity index (χ3n) is 6.42. The number of likely N-dealkylation sites (tertiary alicyclic amines) is 1. The van der Waals surface area contributed by atoms with Gasteiger partial charge in [-0.15, -0.1) is 0 Å². The van der Waals surface area contributed by atoms with E-state index < -0.39 is 0 Å². The lowest BCUT2D eigenvalue weighted by Gasteiger charge is -2.46. The zero-order chi connectivity index (χ0) is 17.8. The highest BCUT2D eigenvalue weighted by Gasteiger charge is 2.37. The molecule has 0 unspecified atom stereocenters. The SMILES string of the molecule is N#Cc1ccc(NC2CCC3(CC2)CCN(Cc2cc[nH]c2)CC3)cc1. The van der Waals surface area contributed by atoms with Crippen molar-refractivity contribution in [2.45, 2.75) is 51.1 Å². The number of piperidine rings is 1. The van der Waals surface area contributed by atoms with E-state index in [2.05, 4.69) is 33.5 Å². The van der Waals surface area contributed by atoms with Crippen LogP contribution in [0.4, 0.5) is 5.69 Å². The summed E-state index contributed by atoms with van der Waals surface area (Å²) in [5, 5.41) is 12.6. The highest BCUT2D eigenvalue weighted by atomic mass is 15.1. The number of hydrogen-bond acceptors (Lipinski definition) is 3. The number of benzene rings is 1. The molecule has 2 fully saturated rings. The minimum absolute atomic E-state index is 0.575. The minimum Gasteiger partial charge on any atom is -0.382 e. The Hall–Kier alpha value is -2.25. The molecule has 1 aliphatic heterocycles. The zero-order valence-corrected chi connectivity index (χ0v) is 15.4. The molecule has 1 aromatic heterocycles. The van der Waals surface area contributed by atoms with Crippen molar-refractivity contribution in [1.82, 2.24) is 9.88 Å². The fourth-order valence-corrected chi connectivity index (χ4v) is 4.65. The first-order chi connectivity index (χ1) is 12.7. The largest absolute Gasteiger partial charge is 0.382 e. The van der Waals surface area contributed by atoms with Crippen molar-refractivity contribution in [3.8, 4) is 6.07 Å². The second-order valence-electron chi connectivity index (χ2n) is 8.10. The van der Waals surface area contributed by atoms with Crippen LogP contribution in [0.5, 0.6) is 0 Å². The van der Waals surface area contributed by atoms with E-state index in [-0.39, 0.29) is 0 Å². The molecule has 1 saturated heterocycles. The first-order valence-corrected chi connectivity index (χ1v) is 9.85. The molecule has 1 spiro atoms. The van der Waals surface area contributed by atoms with Gasteiger partial charge in [-0.3, -0.25) is 4.90 Å². The molecule has 2 heterocycles. The Morgan fingerprint density at radius 1 is 1.08 bits per heavy atom. The summed E-state index contributed by atoms with van der Waals surface area (Å²) in [5.41, 5.74) is 3.85. The van der Waals surface area contributed by atoms with Crippen LogP contribution in [0.2, 0.25) is 0 Å². The van der Waals surface area contributed by atoms with Crippen LogP contribution in [-0.2, 0) is 6.54 Å². The van der Waals surface area contributed by atoms with Crippen LogP contribution in [0.3, 0.4) is 0 Å². The van der Waals surface area contributed by atoms with Gasteiger partial charge in [0.25, 0.3) is 0 Å². The maximum absolute atomic E-state index is 8.91. The van der Waals surface area contributed by atoms with Crippen LogP contribution in [-0.4, -0.2) is 29.0 Å². The van der Waals surface area contributed by atoms with Crippen molar-refractivity contribution >= 4 is 5.69 Å². The Bertz CT molecular complexity index is 723. The number of anilines is 1. The lowest BCUT2D eigenvalue weighted by atomic mass is 9.67. The molecule has 4 nitrogen and oxygen atoms in total. The van der Waals surface area contributed by atoms with Gasteiger partial charge in [0.05, 0.1) is 11.6 Å². The number of aromatic amines is 1. The van der Waals surface area contributed by atoms with Crippen molar-refractivity contribution in [2.75, 3.05) is 18.4 Å². The highest BCUT2D eigenvalue weighted by Crippen LogP contribution is 2.45. The average Bonchev–Trinajstić information content (AvgIpc) is 3.20. The van der Waals surface area contributed by atoms with Crippen LogP contribution in [0.15, 0.2) is 42.7 Å². The molecular weight excluding hydrogens is 320 g/mol. The van der Waals surface area contributed by atoms with Crippen molar-refractivity contribution in [2.24, 2.45) is 5.41 Å². The monoisotopic (exact) mass is 348 g/mol. The van der Waals surface area contributed by atoms with Crippen LogP contribution in [0.25, 0.3) is 0 Å². The normalized spacial score (nSPS) is 20.7. The Labute approximate surface area is 156 Å². The number of aromatic nitrogens is 1. The van der Waals surface area contributed by atoms with Gasteiger partial charge in [0.2, 0.25) is 0 Å². The van der Waals surface area contributed by atoms with E-state index in [1.165, 1.54) is 57.2 Å². The molecule has 0 radical (unpaired) electrons. The first-order valence-electron chi connectivity index (χ1n) is 9.85. The molecular formula is C22H28N4. The number of nitrogens with one attached hydrogen (secondary N) is 2. The predicted octanol–water partition coefficient (Wildman–Crippen LogP) is 4.52. The van der Waals surface area contributed by atoms with Gasteiger partial charge in [0.15, 0.2) is 0 Å². The van der Waals surface area contributed by atoms with Gasteiger partial charge in [-0.05, 0) is 92.9 Å². The van der Waals surface area contributed by atoms with Gasteiger partial charge in [-0.2, -0.15) is 5.26 Å². The Morgan fingerprint density at radius 3 is 2.42 bits per heavy atom. The quantitative estimate of drug-likeness (QED) is 0.854. The van der Waals surface area contributed by atoms with E-state index in [1.54, 1.807) is 0 Å². The molecule has 1 aliphatic carbocycles. The summed E-state index contributed by atoms with van der Waals surface area (Å²) in [7, 11) is 0. The van der Waals surface area contributed by atoms with E-state index in [0.717, 1.165) is 17.8 Å². The maximum Gasteiger partial charge on any atom is 0.0991 e. The van der Waals surface area contributed by atoms with Crippen molar-refractivity contribution in [3.05, 3.63) is 53.9 Å². The van der Waals surface area contributed by atoms with E-state index in [4.69, 9.17) is 5.26 Å². The molecule has 4 rings (SSSR count). The van der Waals surface area contributed by atoms with Gasteiger partial charge >= 0.3 is 0 Å². The van der Waals surface area contributed by atoms with Gasteiger partial charge in [0.1, 0.15) is 0 Å². The molecule has 4 heteroatoms. The number of nitrogens with zero attached hydrogens (tertiary/aromatic N) is 2. The third-order valence-corrected chi connectivity index (χ3v) is 6.42. The Balaban J connectivity index is 1.25. The van der Waals surface area contributed by atoms with E-state index in [0.29, 0.717) is 11.5 Å². The summed E-state index contributed by atoms with van der Waals surface area (Å²) >= 11 is 0. The van der Waals surface area contributed by atoms with Crippen LogP contribution < -0.4 is 5.32 Å². The molecule has 1 aromatic carbocycles. The summed E-state index contributed by atoms with van der Waals surface area (Å²) in [6.07, 6.45) is 12.0. The minimum atomic E-state index is 0.575. The van der Waals surface area contributed by atoms with Gasteiger partial charge in [-0.1, -0.05) is 0 Å². The van der Waals surface area contributed by atoms with Gasteiger partial charge in [-0.25, -0.2) is 0 Å². The lowest BCUT2D eigenvalue weighted by Crippen LogP contribution is -2.43. The molecule has 0 amide bonds. The maximum atomic E-state index is 8.91.